The summed E-state index contributed by atoms with van der Waals surface area (Å²) in [5, 5.41) is 0. The summed E-state index contributed by atoms with van der Waals surface area (Å²) in [6, 6.07) is 5.41. The summed E-state index contributed by atoms with van der Waals surface area (Å²) < 4.78 is 36.5. The number of hydrogen-bond acceptors (Lipinski definition) is 4. The second kappa shape index (κ2) is 5.16. The lowest BCUT2D eigenvalue weighted by Gasteiger charge is -2.26. The van der Waals surface area contributed by atoms with Crippen molar-refractivity contribution in [1.29, 1.82) is 0 Å². The zero-order valence-corrected chi connectivity index (χ0v) is 11.3. The highest BCUT2D eigenvalue weighted by Crippen LogP contribution is 2.34. The van der Waals surface area contributed by atoms with Crippen molar-refractivity contribution in [3.8, 4) is 11.5 Å². The van der Waals surface area contributed by atoms with Crippen LogP contribution >= 0.6 is 0 Å². The first kappa shape index (κ1) is 13.2. The van der Waals surface area contributed by atoms with Gasteiger partial charge in [-0.1, -0.05) is 12.1 Å². The van der Waals surface area contributed by atoms with E-state index in [1.165, 1.54) is 0 Å². The fourth-order valence-corrected chi connectivity index (χ4v) is 2.79. The van der Waals surface area contributed by atoms with Crippen LogP contribution in [0, 0.1) is 0 Å². The van der Waals surface area contributed by atoms with Gasteiger partial charge in [0, 0.05) is 0 Å². The highest BCUT2D eigenvalue weighted by atomic mass is 32.2. The molecular weight excluding hydrogens is 254 g/mol. The van der Waals surface area contributed by atoms with Crippen LogP contribution in [0.4, 0.5) is 0 Å². The minimum absolute atomic E-state index is 0.0778. The van der Waals surface area contributed by atoms with Crippen LogP contribution in [0.25, 0.3) is 0 Å². The van der Waals surface area contributed by atoms with Crippen molar-refractivity contribution in [2.45, 2.75) is 19.4 Å². The van der Waals surface area contributed by atoms with Gasteiger partial charge in [0.1, 0.15) is 6.61 Å². The highest BCUT2D eigenvalue weighted by molar-refractivity contribution is 7.89. The number of fused-ring (bicyclic) bond motifs is 1. The van der Waals surface area contributed by atoms with E-state index in [4.69, 9.17) is 9.47 Å². The van der Waals surface area contributed by atoms with Crippen LogP contribution in [0.1, 0.15) is 12.5 Å². The highest BCUT2D eigenvalue weighted by Gasteiger charge is 2.25. The molecule has 0 spiro atoms. The Bertz CT molecular complexity index is 527. The van der Waals surface area contributed by atoms with Gasteiger partial charge in [0.15, 0.2) is 11.5 Å². The van der Waals surface area contributed by atoms with Crippen molar-refractivity contribution in [3.05, 3.63) is 23.8 Å². The predicted molar refractivity (Wildman–Crippen MR) is 68.6 cm³/mol. The van der Waals surface area contributed by atoms with E-state index >= 15 is 0 Å². The van der Waals surface area contributed by atoms with Gasteiger partial charge >= 0.3 is 0 Å². The van der Waals surface area contributed by atoms with Crippen molar-refractivity contribution in [3.63, 3.8) is 0 Å². The minimum atomic E-state index is -3.20. The number of methoxy groups -OCH3 is 1. The van der Waals surface area contributed by atoms with Gasteiger partial charge in [0.05, 0.1) is 18.9 Å². The van der Waals surface area contributed by atoms with Crippen molar-refractivity contribution in [2.75, 3.05) is 19.5 Å². The van der Waals surface area contributed by atoms with Crippen LogP contribution in [-0.4, -0.2) is 33.9 Å². The molecular formula is C12H17NO4S. The summed E-state index contributed by atoms with van der Waals surface area (Å²) in [5.74, 6) is 1.48. The summed E-state index contributed by atoms with van der Waals surface area (Å²) in [4.78, 5) is 0. The lowest BCUT2D eigenvalue weighted by atomic mass is 10.0. The van der Waals surface area contributed by atoms with Crippen LogP contribution in [0.3, 0.4) is 0 Å². The van der Waals surface area contributed by atoms with Gasteiger partial charge in [-0.2, -0.15) is 0 Å². The van der Waals surface area contributed by atoms with E-state index in [0.29, 0.717) is 24.5 Å². The second-order valence-corrected chi connectivity index (χ2v) is 6.22. The van der Waals surface area contributed by atoms with E-state index in [-0.39, 0.29) is 11.8 Å². The lowest BCUT2D eigenvalue weighted by Crippen LogP contribution is -2.43. The molecule has 1 heterocycles. The molecule has 1 atom stereocenters. The molecule has 0 radical (unpaired) electrons. The monoisotopic (exact) mass is 271 g/mol. The van der Waals surface area contributed by atoms with Crippen LogP contribution in [0.2, 0.25) is 0 Å². The quantitative estimate of drug-likeness (QED) is 0.885. The molecule has 0 bridgehead atoms. The largest absolute Gasteiger partial charge is 0.493 e. The van der Waals surface area contributed by atoms with E-state index in [1.54, 1.807) is 14.0 Å². The molecule has 18 heavy (non-hydrogen) atoms. The van der Waals surface area contributed by atoms with E-state index in [1.807, 2.05) is 18.2 Å². The zero-order chi connectivity index (χ0) is 13.2. The fraction of sp³-hybridized carbons (Fsp3) is 0.500. The molecule has 1 aliphatic rings. The molecule has 1 aliphatic heterocycles. The topological polar surface area (TPSA) is 64.6 Å². The SMILES string of the molecule is CCS(=O)(=O)N[C@@H]1COc2c(cccc2OC)C1. The Balaban J connectivity index is 2.16. The number of rotatable bonds is 4. The second-order valence-electron chi connectivity index (χ2n) is 4.18. The average Bonchev–Trinajstić information content (AvgIpc) is 2.37. The third kappa shape index (κ3) is 2.76. The molecule has 5 nitrogen and oxygen atoms in total. The molecule has 1 N–H and O–H groups in total. The van der Waals surface area contributed by atoms with Gasteiger partial charge in [-0.25, -0.2) is 13.1 Å². The van der Waals surface area contributed by atoms with Gasteiger partial charge in [-0.15, -0.1) is 0 Å². The Morgan fingerprint density at radius 3 is 2.94 bits per heavy atom. The first-order valence-corrected chi connectivity index (χ1v) is 7.49. The number of benzene rings is 1. The normalized spacial score (nSPS) is 18.9. The predicted octanol–water partition coefficient (Wildman–Crippen LogP) is 0.938. The first-order valence-electron chi connectivity index (χ1n) is 5.84. The Morgan fingerprint density at radius 2 is 2.28 bits per heavy atom. The lowest BCUT2D eigenvalue weighted by molar-refractivity contribution is 0.240. The molecule has 1 aromatic rings. The molecule has 0 saturated carbocycles. The Hall–Kier alpha value is -1.27. The molecule has 0 saturated heterocycles. The van der Waals surface area contributed by atoms with Gasteiger partial charge in [-0.05, 0) is 25.0 Å². The summed E-state index contributed by atoms with van der Waals surface area (Å²) in [6.45, 7) is 1.94. The molecule has 0 aromatic heterocycles. The number of para-hydroxylation sites is 1. The van der Waals surface area contributed by atoms with E-state index in [0.717, 1.165) is 5.56 Å². The van der Waals surface area contributed by atoms with Crippen molar-refractivity contribution in [2.24, 2.45) is 0 Å². The van der Waals surface area contributed by atoms with Crippen LogP contribution in [0.5, 0.6) is 11.5 Å². The standard InChI is InChI=1S/C12H17NO4S/c1-3-18(14,15)13-10-7-9-5-4-6-11(16-2)12(9)17-8-10/h4-6,10,13H,3,7-8H2,1-2H3/t10-/m0/s1. The van der Waals surface area contributed by atoms with Gasteiger partial charge < -0.3 is 9.47 Å². The molecule has 6 heteroatoms. The summed E-state index contributed by atoms with van der Waals surface area (Å²) in [6.07, 6.45) is 0.617. The van der Waals surface area contributed by atoms with Gasteiger partial charge in [0.2, 0.25) is 10.0 Å². The molecule has 2 rings (SSSR count). The van der Waals surface area contributed by atoms with E-state index in [2.05, 4.69) is 4.72 Å². The Kier molecular flexibility index (Phi) is 3.77. The third-order valence-corrected chi connectivity index (χ3v) is 4.35. The van der Waals surface area contributed by atoms with E-state index in [9.17, 15) is 8.42 Å². The molecule has 1 aromatic carbocycles. The fourth-order valence-electron chi connectivity index (χ4n) is 1.97. The molecule has 0 amide bonds. The molecule has 0 fully saturated rings. The zero-order valence-electron chi connectivity index (χ0n) is 10.5. The molecule has 100 valence electrons. The third-order valence-electron chi connectivity index (χ3n) is 2.90. The number of sulfonamides is 1. The smallest absolute Gasteiger partial charge is 0.211 e. The van der Waals surface area contributed by atoms with Gasteiger partial charge in [-0.3, -0.25) is 0 Å². The first-order chi connectivity index (χ1) is 8.55. The van der Waals surface area contributed by atoms with Crippen LogP contribution in [0.15, 0.2) is 18.2 Å². The van der Waals surface area contributed by atoms with Crippen molar-refractivity contribution in [1.82, 2.24) is 4.72 Å². The Morgan fingerprint density at radius 1 is 1.50 bits per heavy atom. The van der Waals surface area contributed by atoms with E-state index < -0.39 is 10.0 Å². The number of ether oxygens (including phenoxy) is 2. The summed E-state index contributed by atoms with van der Waals surface area (Å²) in [7, 11) is -1.61. The summed E-state index contributed by atoms with van der Waals surface area (Å²) >= 11 is 0. The maximum absolute atomic E-state index is 11.5. The summed E-state index contributed by atoms with van der Waals surface area (Å²) in [5.41, 5.74) is 0.962. The van der Waals surface area contributed by atoms with Crippen molar-refractivity contribution < 1.29 is 17.9 Å². The van der Waals surface area contributed by atoms with Crippen LogP contribution in [-0.2, 0) is 16.4 Å². The number of hydrogen-bond donors (Lipinski definition) is 1. The molecule has 0 aliphatic carbocycles. The number of nitrogens with one attached hydrogen (secondary N) is 1. The van der Waals surface area contributed by atoms with Crippen LogP contribution < -0.4 is 14.2 Å². The maximum Gasteiger partial charge on any atom is 0.211 e. The maximum atomic E-state index is 11.5. The minimum Gasteiger partial charge on any atom is -0.493 e. The Labute approximate surface area is 107 Å². The van der Waals surface area contributed by atoms with Gasteiger partial charge in [0.25, 0.3) is 0 Å². The van der Waals surface area contributed by atoms with Crippen molar-refractivity contribution >= 4 is 10.0 Å². The molecule has 0 unspecified atom stereocenters. The average molecular weight is 271 g/mol.